The summed E-state index contributed by atoms with van der Waals surface area (Å²) in [6, 6.07) is 25.6. The highest BCUT2D eigenvalue weighted by Crippen LogP contribution is 2.30. The first-order valence-corrected chi connectivity index (χ1v) is 11.7. The number of likely N-dealkylation sites (tertiary alicyclic amines) is 1. The van der Waals surface area contributed by atoms with Crippen LogP contribution >= 0.6 is 11.6 Å². The lowest BCUT2D eigenvalue weighted by Crippen LogP contribution is -2.39. The topological polar surface area (TPSA) is 46.3 Å². The third-order valence-corrected chi connectivity index (χ3v) is 6.54. The average molecular weight is 457 g/mol. The van der Waals surface area contributed by atoms with Gasteiger partial charge < -0.3 is 9.32 Å². The average Bonchev–Trinajstić information content (AvgIpc) is 3.35. The number of hydrogen-bond acceptors (Lipinski definition) is 3. The first-order valence-electron chi connectivity index (χ1n) is 11.3. The van der Waals surface area contributed by atoms with Crippen molar-refractivity contribution < 1.29 is 9.21 Å². The highest BCUT2D eigenvalue weighted by atomic mass is 35.5. The van der Waals surface area contributed by atoms with Crippen molar-refractivity contribution in [2.24, 2.45) is 5.92 Å². The van der Waals surface area contributed by atoms with Gasteiger partial charge in [0.15, 0.2) is 5.76 Å². The summed E-state index contributed by atoms with van der Waals surface area (Å²) < 4.78 is 6.03. The molecule has 1 saturated heterocycles. The van der Waals surface area contributed by atoms with E-state index in [1.807, 2.05) is 53.4 Å². The molecule has 0 saturated carbocycles. The van der Waals surface area contributed by atoms with Gasteiger partial charge in [-0.05, 0) is 67.1 Å². The van der Waals surface area contributed by atoms with Gasteiger partial charge in [0.05, 0.1) is 11.8 Å². The SMILES string of the molecule is O=C(c1ccccc1-c1ncc(-c2ccc(Cl)cc2)o1)N1CCC(Cc2ccccc2)CC1. The van der Waals surface area contributed by atoms with Gasteiger partial charge in [0.2, 0.25) is 5.89 Å². The first-order chi connectivity index (χ1) is 16.2. The van der Waals surface area contributed by atoms with E-state index in [1.54, 1.807) is 6.20 Å². The Balaban J connectivity index is 1.30. The standard InChI is InChI=1S/C28H25ClN2O2/c29-23-12-10-22(11-13-23)26-19-30-27(33-26)24-8-4-5-9-25(24)28(32)31-16-14-21(15-17-31)18-20-6-2-1-3-7-20/h1-13,19,21H,14-18H2. The summed E-state index contributed by atoms with van der Waals surface area (Å²) in [5, 5.41) is 0.668. The minimum absolute atomic E-state index is 0.0370. The molecule has 0 N–H and O–H groups in total. The predicted octanol–water partition coefficient (Wildman–Crippen LogP) is 6.76. The van der Waals surface area contributed by atoms with Crippen molar-refractivity contribution in [3.8, 4) is 22.8 Å². The third kappa shape index (κ3) is 4.86. The lowest BCUT2D eigenvalue weighted by atomic mass is 9.90. The molecule has 1 amide bonds. The fraction of sp³-hybridized carbons (Fsp3) is 0.214. The Morgan fingerprint density at radius 2 is 1.64 bits per heavy atom. The van der Waals surface area contributed by atoms with Crippen molar-refractivity contribution in [2.75, 3.05) is 13.1 Å². The van der Waals surface area contributed by atoms with E-state index in [0.29, 0.717) is 33.7 Å². The lowest BCUT2D eigenvalue weighted by Gasteiger charge is -2.32. The zero-order chi connectivity index (χ0) is 22.6. The molecular formula is C28H25ClN2O2. The maximum atomic E-state index is 13.4. The summed E-state index contributed by atoms with van der Waals surface area (Å²) in [6.07, 6.45) is 4.79. The maximum absolute atomic E-state index is 13.4. The number of halogens is 1. The smallest absolute Gasteiger partial charge is 0.254 e. The number of piperidine rings is 1. The van der Waals surface area contributed by atoms with Crippen molar-refractivity contribution in [1.29, 1.82) is 0 Å². The highest BCUT2D eigenvalue weighted by Gasteiger charge is 2.26. The van der Waals surface area contributed by atoms with Crippen LogP contribution in [0.15, 0.2) is 89.5 Å². The normalized spacial score (nSPS) is 14.4. The lowest BCUT2D eigenvalue weighted by molar-refractivity contribution is 0.0691. The van der Waals surface area contributed by atoms with Gasteiger partial charge in [0.1, 0.15) is 0 Å². The number of carbonyl (C=O) groups excluding carboxylic acids is 1. The first kappa shape index (κ1) is 21.5. The second kappa shape index (κ2) is 9.63. The molecule has 1 fully saturated rings. The van der Waals surface area contributed by atoms with Crippen molar-refractivity contribution in [2.45, 2.75) is 19.3 Å². The zero-order valence-corrected chi connectivity index (χ0v) is 19.0. The van der Waals surface area contributed by atoms with E-state index in [9.17, 15) is 4.79 Å². The molecule has 0 atom stereocenters. The molecule has 5 heteroatoms. The quantitative estimate of drug-likeness (QED) is 0.333. The van der Waals surface area contributed by atoms with Crippen LogP contribution in [0.4, 0.5) is 0 Å². The molecule has 0 bridgehead atoms. The predicted molar refractivity (Wildman–Crippen MR) is 131 cm³/mol. The summed E-state index contributed by atoms with van der Waals surface area (Å²) in [5.74, 6) is 1.74. The summed E-state index contributed by atoms with van der Waals surface area (Å²) in [5.41, 5.74) is 3.60. The Bertz CT molecular complexity index is 1230. The van der Waals surface area contributed by atoms with E-state index in [-0.39, 0.29) is 5.91 Å². The highest BCUT2D eigenvalue weighted by molar-refractivity contribution is 6.30. The Morgan fingerprint density at radius 1 is 0.939 bits per heavy atom. The van der Waals surface area contributed by atoms with Gasteiger partial charge >= 0.3 is 0 Å². The molecule has 1 aliphatic rings. The van der Waals surface area contributed by atoms with Gasteiger partial charge in [-0.2, -0.15) is 0 Å². The molecule has 4 nitrogen and oxygen atoms in total. The van der Waals surface area contributed by atoms with E-state index in [1.165, 1.54) is 5.56 Å². The maximum Gasteiger partial charge on any atom is 0.254 e. The van der Waals surface area contributed by atoms with Gasteiger partial charge in [-0.1, -0.05) is 54.1 Å². The number of oxazole rings is 1. The number of carbonyl (C=O) groups is 1. The van der Waals surface area contributed by atoms with E-state index in [4.69, 9.17) is 16.0 Å². The summed E-state index contributed by atoms with van der Waals surface area (Å²) >= 11 is 5.99. The molecule has 1 aromatic heterocycles. The summed E-state index contributed by atoms with van der Waals surface area (Å²) in [7, 11) is 0. The monoisotopic (exact) mass is 456 g/mol. The van der Waals surface area contributed by atoms with E-state index < -0.39 is 0 Å². The number of aromatic nitrogens is 1. The number of rotatable bonds is 5. The van der Waals surface area contributed by atoms with Crippen molar-refractivity contribution in [3.63, 3.8) is 0 Å². The van der Waals surface area contributed by atoms with Crippen LogP contribution in [0.2, 0.25) is 5.02 Å². The Kier molecular flexibility index (Phi) is 6.27. The Morgan fingerprint density at radius 3 is 2.39 bits per heavy atom. The molecule has 2 heterocycles. The molecule has 33 heavy (non-hydrogen) atoms. The van der Waals surface area contributed by atoms with Crippen LogP contribution in [0, 0.1) is 5.92 Å². The van der Waals surface area contributed by atoms with Crippen LogP contribution in [0.1, 0.15) is 28.8 Å². The summed E-state index contributed by atoms with van der Waals surface area (Å²) in [4.78, 5) is 19.8. The fourth-order valence-electron chi connectivity index (χ4n) is 4.46. The zero-order valence-electron chi connectivity index (χ0n) is 18.3. The van der Waals surface area contributed by atoms with Crippen molar-refractivity contribution in [3.05, 3.63) is 101 Å². The van der Waals surface area contributed by atoms with E-state index >= 15 is 0 Å². The van der Waals surface area contributed by atoms with Crippen LogP contribution in [0.25, 0.3) is 22.8 Å². The number of benzene rings is 3. The number of nitrogens with zero attached hydrogens (tertiary/aromatic N) is 2. The molecule has 5 rings (SSSR count). The molecule has 0 aliphatic carbocycles. The van der Waals surface area contributed by atoms with Gasteiger partial charge in [0.25, 0.3) is 5.91 Å². The van der Waals surface area contributed by atoms with E-state index in [2.05, 4.69) is 35.3 Å². The second-order valence-electron chi connectivity index (χ2n) is 8.51. The van der Waals surface area contributed by atoms with Gasteiger partial charge in [-0.25, -0.2) is 4.98 Å². The Labute approximate surface area is 198 Å². The molecular weight excluding hydrogens is 432 g/mol. The minimum Gasteiger partial charge on any atom is -0.436 e. The molecule has 166 valence electrons. The molecule has 4 aromatic rings. The van der Waals surface area contributed by atoms with Crippen LogP contribution in [-0.4, -0.2) is 28.9 Å². The second-order valence-corrected chi connectivity index (χ2v) is 8.94. The van der Waals surface area contributed by atoms with Crippen molar-refractivity contribution in [1.82, 2.24) is 9.88 Å². The molecule has 0 radical (unpaired) electrons. The van der Waals surface area contributed by atoms with Gasteiger partial charge in [0, 0.05) is 29.2 Å². The Hall–Kier alpha value is -3.37. The van der Waals surface area contributed by atoms with Gasteiger partial charge in [-0.15, -0.1) is 0 Å². The largest absolute Gasteiger partial charge is 0.436 e. The summed E-state index contributed by atoms with van der Waals surface area (Å²) in [6.45, 7) is 1.54. The van der Waals surface area contributed by atoms with Crippen LogP contribution in [0.3, 0.4) is 0 Å². The van der Waals surface area contributed by atoms with Crippen LogP contribution in [0.5, 0.6) is 0 Å². The van der Waals surface area contributed by atoms with Gasteiger partial charge in [-0.3, -0.25) is 4.79 Å². The van der Waals surface area contributed by atoms with E-state index in [0.717, 1.165) is 37.9 Å². The van der Waals surface area contributed by atoms with Crippen molar-refractivity contribution >= 4 is 17.5 Å². The molecule has 0 unspecified atom stereocenters. The fourth-order valence-corrected chi connectivity index (χ4v) is 4.59. The van der Waals surface area contributed by atoms with Crippen LogP contribution in [-0.2, 0) is 6.42 Å². The third-order valence-electron chi connectivity index (χ3n) is 6.29. The van der Waals surface area contributed by atoms with Crippen LogP contribution < -0.4 is 0 Å². The molecule has 3 aromatic carbocycles. The number of hydrogen-bond donors (Lipinski definition) is 0. The molecule has 1 aliphatic heterocycles. The number of amides is 1. The minimum atomic E-state index is 0.0370. The molecule has 0 spiro atoms.